The van der Waals surface area contributed by atoms with Crippen molar-refractivity contribution < 1.29 is 18.3 Å². The normalized spacial score (nSPS) is 22.7. The van der Waals surface area contributed by atoms with E-state index in [0.717, 1.165) is 31.9 Å². The molecule has 0 bridgehead atoms. The number of benzene rings is 2. The summed E-state index contributed by atoms with van der Waals surface area (Å²) in [5.41, 5.74) is 6.45. The third-order valence-corrected chi connectivity index (χ3v) is 8.03. The maximum absolute atomic E-state index is 12.9. The van der Waals surface area contributed by atoms with Gasteiger partial charge in [0.05, 0.1) is 10.5 Å². The smallest absolute Gasteiger partial charge is 0.252 e. The van der Waals surface area contributed by atoms with E-state index in [2.05, 4.69) is 29.6 Å². The molecule has 30 heavy (non-hydrogen) atoms. The second kappa shape index (κ2) is 8.37. The van der Waals surface area contributed by atoms with Crippen LogP contribution < -0.4 is 11.1 Å². The zero-order chi connectivity index (χ0) is 21.3. The summed E-state index contributed by atoms with van der Waals surface area (Å²) in [6.07, 6.45) is 2.74. The molecular weight excluding hydrogens is 402 g/mol. The SMILES string of the molecule is NC(=O)c1ccc(S(=O)(=O)N2CCC(CNC3CC3c3ccccc3)CC2)cc1O. The fourth-order valence-corrected chi connectivity index (χ4v) is 5.68. The number of nitrogens with zero attached hydrogens (tertiary/aromatic N) is 1. The van der Waals surface area contributed by atoms with E-state index in [1.165, 1.54) is 22.0 Å². The van der Waals surface area contributed by atoms with Gasteiger partial charge in [-0.1, -0.05) is 30.3 Å². The summed E-state index contributed by atoms with van der Waals surface area (Å²) < 4.78 is 27.2. The predicted octanol–water partition coefficient (Wildman–Crippen LogP) is 2.04. The lowest BCUT2D eigenvalue weighted by Crippen LogP contribution is -2.41. The molecule has 2 aliphatic rings. The Morgan fingerprint density at radius 2 is 1.83 bits per heavy atom. The molecule has 2 aromatic carbocycles. The minimum atomic E-state index is -3.71. The van der Waals surface area contributed by atoms with Crippen molar-refractivity contribution in [3.05, 3.63) is 59.7 Å². The number of primary amides is 1. The molecule has 1 aliphatic heterocycles. The van der Waals surface area contributed by atoms with Crippen molar-refractivity contribution in [3.8, 4) is 5.75 Å². The van der Waals surface area contributed by atoms with Crippen LogP contribution in [0, 0.1) is 5.92 Å². The lowest BCUT2D eigenvalue weighted by atomic mass is 9.98. The Morgan fingerprint density at radius 1 is 1.13 bits per heavy atom. The number of rotatable bonds is 7. The number of carbonyl (C=O) groups excluding carboxylic acids is 1. The Balaban J connectivity index is 1.29. The van der Waals surface area contributed by atoms with E-state index in [9.17, 15) is 18.3 Å². The third-order valence-electron chi connectivity index (χ3n) is 6.13. The maximum Gasteiger partial charge on any atom is 0.252 e. The highest BCUT2D eigenvalue weighted by atomic mass is 32.2. The molecule has 1 heterocycles. The summed E-state index contributed by atoms with van der Waals surface area (Å²) in [6.45, 7) is 1.79. The lowest BCUT2D eigenvalue weighted by molar-refractivity contribution is 0.0997. The van der Waals surface area contributed by atoms with Crippen LogP contribution in [0.2, 0.25) is 0 Å². The summed E-state index contributed by atoms with van der Waals surface area (Å²) >= 11 is 0. The highest BCUT2D eigenvalue weighted by Gasteiger charge is 2.38. The lowest BCUT2D eigenvalue weighted by Gasteiger charge is -2.31. The van der Waals surface area contributed by atoms with Gasteiger partial charge in [0, 0.05) is 31.1 Å². The van der Waals surface area contributed by atoms with Crippen LogP contribution in [-0.4, -0.2) is 49.4 Å². The molecule has 2 fully saturated rings. The van der Waals surface area contributed by atoms with E-state index >= 15 is 0 Å². The number of nitrogens with two attached hydrogens (primary N) is 1. The van der Waals surface area contributed by atoms with Crippen molar-refractivity contribution in [2.24, 2.45) is 11.7 Å². The van der Waals surface area contributed by atoms with Gasteiger partial charge in [0.15, 0.2) is 0 Å². The Bertz CT molecular complexity index is 1020. The van der Waals surface area contributed by atoms with Gasteiger partial charge < -0.3 is 16.2 Å². The first-order chi connectivity index (χ1) is 14.4. The number of phenols is 1. The van der Waals surface area contributed by atoms with E-state index < -0.39 is 21.7 Å². The van der Waals surface area contributed by atoms with Crippen LogP contribution in [0.5, 0.6) is 5.75 Å². The van der Waals surface area contributed by atoms with Gasteiger partial charge in [0.1, 0.15) is 5.75 Å². The van der Waals surface area contributed by atoms with Gasteiger partial charge >= 0.3 is 0 Å². The number of amides is 1. The summed E-state index contributed by atoms with van der Waals surface area (Å²) in [4.78, 5) is 11.2. The molecule has 2 unspecified atom stereocenters. The fourth-order valence-electron chi connectivity index (χ4n) is 4.19. The van der Waals surface area contributed by atoms with E-state index in [0.29, 0.717) is 31.0 Å². The van der Waals surface area contributed by atoms with Crippen molar-refractivity contribution in [3.63, 3.8) is 0 Å². The second-order valence-electron chi connectivity index (χ2n) is 8.16. The average molecular weight is 430 g/mol. The number of nitrogens with one attached hydrogen (secondary N) is 1. The van der Waals surface area contributed by atoms with Crippen molar-refractivity contribution >= 4 is 15.9 Å². The molecule has 0 radical (unpaired) electrons. The third kappa shape index (κ3) is 4.35. The van der Waals surface area contributed by atoms with Crippen molar-refractivity contribution in [1.29, 1.82) is 0 Å². The molecular formula is C22H27N3O4S. The summed E-state index contributed by atoms with van der Waals surface area (Å²) in [7, 11) is -3.71. The molecule has 4 rings (SSSR count). The largest absolute Gasteiger partial charge is 0.507 e. The van der Waals surface area contributed by atoms with Gasteiger partial charge in [0.25, 0.3) is 5.91 Å². The molecule has 2 atom stereocenters. The van der Waals surface area contributed by atoms with Crippen LogP contribution in [-0.2, 0) is 10.0 Å². The monoisotopic (exact) mass is 429 g/mol. The number of aromatic hydroxyl groups is 1. The number of sulfonamides is 1. The minimum absolute atomic E-state index is 0.0229. The first-order valence-corrected chi connectivity index (χ1v) is 11.7. The van der Waals surface area contributed by atoms with E-state index in [-0.39, 0.29) is 10.5 Å². The Hall–Kier alpha value is -2.42. The number of carbonyl (C=O) groups is 1. The van der Waals surface area contributed by atoms with Gasteiger partial charge in [-0.15, -0.1) is 0 Å². The van der Waals surface area contributed by atoms with E-state index in [1.807, 2.05) is 6.07 Å². The van der Waals surface area contributed by atoms with Crippen molar-refractivity contribution in [2.45, 2.75) is 36.1 Å². The van der Waals surface area contributed by atoms with Crippen LogP contribution in [0.15, 0.2) is 53.4 Å². The zero-order valence-corrected chi connectivity index (χ0v) is 17.5. The number of hydrogen-bond donors (Lipinski definition) is 3. The average Bonchev–Trinajstić information content (AvgIpc) is 3.52. The molecule has 2 aromatic rings. The summed E-state index contributed by atoms with van der Waals surface area (Å²) in [5, 5.41) is 13.5. The van der Waals surface area contributed by atoms with Crippen LogP contribution in [0.4, 0.5) is 0 Å². The zero-order valence-electron chi connectivity index (χ0n) is 16.7. The van der Waals surface area contributed by atoms with Crippen LogP contribution in [0.3, 0.4) is 0 Å². The molecule has 1 saturated carbocycles. The first-order valence-electron chi connectivity index (χ1n) is 10.3. The van der Waals surface area contributed by atoms with Gasteiger partial charge in [-0.3, -0.25) is 4.79 Å². The molecule has 0 aromatic heterocycles. The molecule has 7 nitrogen and oxygen atoms in total. The highest BCUT2D eigenvalue weighted by molar-refractivity contribution is 7.89. The fraction of sp³-hybridized carbons (Fsp3) is 0.409. The number of piperidine rings is 1. The molecule has 1 saturated heterocycles. The quantitative estimate of drug-likeness (QED) is 0.623. The molecule has 0 spiro atoms. The Morgan fingerprint density at radius 3 is 2.47 bits per heavy atom. The van der Waals surface area contributed by atoms with Crippen LogP contribution in [0.25, 0.3) is 0 Å². The molecule has 160 valence electrons. The van der Waals surface area contributed by atoms with Crippen molar-refractivity contribution in [1.82, 2.24) is 9.62 Å². The Labute approximate surface area is 176 Å². The molecule has 1 amide bonds. The molecule has 4 N–H and O–H groups in total. The first kappa shape index (κ1) is 20.8. The van der Waals surface area contributed by atoms with E-state index in [1.54, 1.807) is 0 Å². The van der Waals surface area contributed by atoms with E-state index in [4.69, 9.17) is 5.73 Å². The van der Waals surface area contributed by atoms with Crippen LogP contribution in [0.1, 0.15) is 41.1 Å². The van der Waals surface area contributed by atoms with Gasteiger partial charge in [-0.05, 0) is 49.4 Å². The van der Waals surface area contributed by atoms with Gasteiger partial charge in [-0.25, -0.2) is 8.42 Å². The Kier molecular flexibility index (Phi) is 5.81. The van der Waals surface area contributed by atoms with Gasteiger partial charge in [0.2, 0.25) is 10.0 Å². The van der Waals surface area contributed by atoms with Gasteiger partial charge in [-0.2, -0.15) is 4.31 Å². The summed E-state index contributed by atoms with van der Waals surface area (Å²) in [5.74, 6) is -0.183. The summed E-state index contributed by atoms with van der Waals surface area (Å²) in [6, 6.07) is 14.7. The predicted molar refractivity (Wildman–Crippen MR) is 114 cm³/mol. The minimum Gasteiger partial charge on any atom is -0.507 e. The maximum atomic E-state index is 12.9. The second-order valence-corrected chi connectivity index (χ2v) is 10.1. The van der Waals surface area contributed by atoms with Crippen molar-refractivity contribution in [2.75, 3.05) is 19.6 Å². The standard InChI is InChI=1S/C22H27N3O4S/c23-22(27)18-7-6-17(12-21(18)26)30(28,29)25-10-8-15(9-11-25)14-24-20-13-19(20)16-4-2-1-3-5-16/h1-7,12,15,19-20,24,26H,8-11,13-14H2,(H2,23,27). The highest BCUT2D eigenvalue weighted by Crippen LogP contribution is 2.40. The number of hydrogen-bond acceptors (Lipinski definition) is 5. The molecule has 1 aliphatic carbocycles. The van der Waals surface area contributed by atoms with Crippen LogP contribution >= 0.6 is 0 Å². The topological polar surface area (TPSA) is 113 Å². The molecule has 8 heteroatoms.